The number of halogens is 1. The Morgan fingerprint density at radius 3 is 2.79 bits per heavy atom. The lowest BCUT2D eigenvalue weighted by atomic mass is 9.91. The molecule has 0 bridgehead atoms. The molecule has 1 saturated carbocycles. The van der Waals surface area contributed by atoms with E-state index < -0.39 is 0 Å². The van der Waals surface area contributed by atoms with Crippen molar-refractivity contribution in [1.82, 2.24) is 5.32 Å². The monoisotopic (exact) mass is 282 g/mol. The largest absolute Gasteiger partial charge is 0.391 e. The van der Waals surface area contributed by atoms with Gasteiger partial charge < -0.3 is 15.3 Å². The van der Waals surface area contributed by atoms with Crippen LogP contribution in [0.15, 0.2) is 18.2 Å². The third-order valence-corrected chi connectivity index (χ3v) is 4.37. The average molecular weight is 283 g/mol. The maximum atomic E-state index is 10.2. The number of likely N-dealkylation sites (N-methyl/N-ethyl adjacent to an activating group) is 1. The first-order valence-electron chi connectivity index (χ1n) is 6.98. The second-order valence-electron chi connectivity index (χ2n) is 5.30. The molecule has 1 aliphatic carbocycles. The van der Waals surface area contributed by atoms with Crippen molar-refractivity contribution in [3.63, 3.8) is 0 Å². The molecule has 0 radical (unpaired) electrons. The number of nitrogens with one attached hydrogen (secondary N) is 1. The highest BCUT2D eigenvalue weighted by atomic mass is 35.5. The van der Waals surface area contributed by atoms with Crippen molar-refractivity contribution in [3.8, 4) is 0 Å². The Morgan fingerprint density at radius 1 is 1.37 bits per heavy atom. The van der Waals surface area contributed by atoms with Crippen LogP contribution in [0.5, 0.6) is 0 Å². The first-order chi connectivity index (χ1) is 9.15. The number of rotatable bonds is 4. The Hall–Kier alpha value is -0.770. The van der Waals surface area contributed by atoms with E-state index in [0.29, 0.717) is 0 Å². The highest BCUT2D eigenvalue weighted by Crippen LogP contribution is 2.32. The minimum Gasteiger partial charge on any atom is -0.391 e. The zero-order valence-corrected chi connectivity index (χ0v) is 12.5. The SMILES string of the molecule is CNCc1c(Cl)cccc1N(C)C1CCCCC1O. The van der Waals surface area contributed by atoms with Crippen LogP contribution in [0.4, 0.5) is 5.69 Å². The molecule has 0 aliphatic heterocycles. The van der Waals surface area contributed by atoms with Crippen molar-refractivity contribution in [2.45, 2.75) is 44.4 Å². The lowest BCUT2D eigenvalue weighted by Gasteiger charge is -2.37. The van der Waals surface area contributed by atoms with Crippen molar-refractivity contribution in [2.24, 2.45) is 0 Å². The minimum atomic E-state index is -0.236. The van der Waals surface area contributed by atoms with E-state index in [1.165, 1.54) is 6.42 Å². The highest BCUT2D eigenvalue weighted by molar-refractivity contribution is 6.31. The zero-order chi connectivity index (χ0) is 13.8. The molecule has 1 aromatic carbocycles. The number of benzene rings is 1. The third kappa shape index (κ3) is 3.22. The maximum Gasteiger partial charge on any atom is 0.0743 e. The van der Waals surface area contributed by atoms with Gasteiger partial charge in [-0.2, -0.15) is 0 Å². The van der Waals surface area contributed by atoms with E-state index >= 15 is 0 Å². The van der Waals surface area contributed by atoms with E-state index in [1.54, 1.807) is 0 Å². The quantitative estimate of drug-likeness (QED) is 0.891. The predicted molar refractivity (Wildman–Crippen MR) is 80.9 cm³/mol. The molecule has 0 aromatic heterocycles. The lowest BCUT2D eigenvalue weighted by Crippen LogP contribution is -2.44. The summed E-state index contributed by atoms with van der Waals surface area (Å²) in [4.78, 5) is 2.20. The Balaban J connectivity index is 2.27. The number of nitrogens with zero attached hydrogens (tertiary/aromatic N) is 1. The van der Waals surface area contributed by atoms with E-state index in [0.717, 1.165) is 42.1 Å². The molecule has 0 saturated heterocycles. The van der Waals surface area contributed by atoms with Crippen LogP contribution in [0, 0.1) is 0 Å². The summed E-state index contributed by atoms with van der Waals surface area (Å²) in [6.07, 6.45) is 4.03. The van der Waals surface area contributed by atoms with Crippen molar-refractivity contribution in [2.75, 3.05) is 19.0 Å². The summed E-state index contributed by atoms with van der Waals surface area (Å²) in [5, 5.41) is 14.1. The molecule has 1 fully saturated rings. The average Bonchev–Trinajstić information content (AvgIpc) is 2.41. The summed E-state index contributed by atoms with van der Waals surface area (Å²) in [5.41, 5.74) is 2.22. The Kier molecular flexibility index (Phi) is 5.08. The molecule has 1 aromatic rings. The topological polar surface area (TPSA) is 35.5 Å². The molecule has 0 spiro atoms. The van der Waals surface area contributed by atoms with Gasteiger partial charge in [0.2, 0.25) is 0 Å². The molecule has 19 heavy (non-hydrogen) atoms. The van der Waals surface area contributed by atoms with Gasteiger partial charge in [-0.05, 0) is 32.0 Å². The molecule has 2 atom stereocenters. The van der Waals surface area contributed by atoms with Crippen molar-refractivity contribution >= 4 is 17.3 Å². The summed E-state index contributed by atoms with van der Waals surface area (Å²) in [7, 11) is 3.98. The van der Waals surface area contributed by atoms with E-state index in [-0.39, 0.29) is 12.1 Å². The van der Waals surface area contributed by atoms with Gasteiger partial charge >= 0.3 is 0 Å². The second kappa shape index (κ2) is 6.60. The van der Waals surface area contributed by atoms with E-state index in [2.05, 4.69) is 23.3 Å². The number of hydrogen-bond acceptors (Lipinski definition) is 3. The summed E-state index contributed by atoms with van der Waals surface area (Å²) >= 11 is 6.30. The van der Waals surface area contributed by atoms with Gasteiger partial charge in [0.05, 0.1) is 12.1 Å². The van der Waals surface area contributed by atoms with Crippen LogP contribution in [-0.4, -0.2) is 31.3 Å². The third-order valence-electron chi connectivity index (χ3n) is 4.02. The fraction of sp³-hybridized carbons (Fsp3) is 0.600. The smallest absolute Gasteiger partial charge is 0.0743 e. The first kappa shape index (κ1) is 14.6. The Morgan fingerprint density at radius 2 is 2.11 bits per heavy atom. The molecule has 106 valence electrons. The van der Waals surface area contributed by atoms with E-state index in [1.807, 2.05) is 19.2 Å². The zero-order valence-electron chi connectivity index (χ0n) is 11.7. The van der Waals surface area contributed by atoms with Crippen molar-refractivity contribution in [1.29, 1.82) is 0 Å². The molecule has 0 heterocycles. The van der Waals surface area contributed by atoms with Crippen LogP contribution in [-0.2, 0) is 6.54 Å². The molecular formula is C15H23ClN2O. The molecule has 0 amide bonds. The maximum absolute atomic E-state index is 10.2. The van der Waals surface area contributed by atoms with Gasteiger partial charge in [0.25, 0.3) is 0 Å². The molecule has 3 nitrogen and oxygen atoms in total. The van der Waals surface area contributed by atoms with E-state index in [4.69, 9.17) is 11.6 Å². The lowest BCUT2D eigenvalue weighted by molar-refractivity contribution is 0.106. The van der Waals surface area contributed by atoms with E-state index in [9.17, 15) is 5.11 Å². The Labute approximate surface area is 120 Å². The van der Waals surface area contributed by atoms with Crippen LogP contribution in [0.25, 0.3) is 0 Å². The molecule has 4 heteroatoms. The summed E-state index contributed by atoms with van der Waals surface area (Å²) in [6, 6.07) is 6.17. The standard InChI is InChI=1S/C15H23ClN2O/c1-17-10-11-12(16)6-5-8-13(11)18(2)14-7-3-4-9-15(14)19/h5-6,8,14-15,17,19H,3-4,7,9-10H2,1-2H3. The molecular weight excluding hydrogens is 260 g/mol. The summed E-state index contributed by atoms with van der Waals surface area (Å²) in [5.74, 6) is 0. The predicted octanol–water partition coefficient (Wildman–Crippen LogP) is 2.80. The number of hydrogen-bond donors (Lipinski definition) is 2. The fourth-order valence-electron chi connectivity index (χ4n) is 2.95. The summed E-state index contributed by atoms with van der Waals surface area (Å²) < 4.78 is 0. The van der Waals surface area contributed by atoms with Crippen molar-refractivity contribution in [3.05, 3.63) is 28.8 Å². The van der Waals surface area contributed by atoms with Crippen LogP contribution in [0.3, 0.4) is 0 Å². The fourth-order valence-corrected chi connectivity index (χ4v) is 3.19. The molecule has 2 N–H and O–H groups in total. The Bertz CT molecular complexity index is 425. The summed E-state index contributed by atoms with van der Waals surface area (Å²) in [6.45, 7) is 0.738. The van der Waals surface area contributed by atoms with Crippen LogP contribution < -0.4 is 10.2 Å². The van der Waals surface area contributed by atoms with Crippen molar-refractivity contribution < 1.29 is 5.11 Å². The van der Waals surface area contributed by atoms with Gasteiger partial charge in [-0.1, -0.05) is 30.5 Å². The second-order valence-corrected chi connectivity index (χ2v) is 5.71. The highest BCUT2D eigenvalue weighted by Gasteiger charge is 2.28. The van der Waals surface area contributed by atoms with Crippen LogP contribution >= 0.6 is 11.6 Å². The van der Waals surface area contributed by atoms with Gasteiger partial charge in [0.1, 0.15) is 0 Å². The molecule has 2 rings (SSSR count). The first-order valence-corrected chi connectivity index (χ1v) is 7.36. The van der Waals surface area contributed by atoms with Gasteiger partial charge in [0, 0.05) is 29.9 Å². The number of anilines is 1. The van der Waals surface area contributed by atoms with Crippen LogP contribution in [0.2, 0.25) is 5.02 Å². The minimum absolute atomic E-state index is 0.197. The van der Waals surface area contributed by atoms with Crippen LogP contribution in [0.1, 0.15) is 31.2 Å². The van der Waals surface area contributed by atoms with Gasteiger partial charge in [0.15, 0.2) is 0 Å². The van der Waals surface area contributed by atoms with Gasteiger partial charge in [-0.3, -0.25) is 0 Å². The number of aliphatic hydroxyl groups is 1. The molecule has 1 aliphatic rings. The number of aliphatic hydroxyl groups excluding tert-OH is 1. The molecule has 2 unspecified atom stereocenters. The van der Waals surface area contributed by atoms with Gasteiger partial charge in [-0.15, -0.1) is 0 Å². The normalized spacial score (nSPS) is 23.4. The van der Waals surface area contributed by atoms with Gasteiger partial charge in [-0.25, -0.2) is 0 Å².